The third-order valence-electron chi connectivity index (χ3n) is 1.23. The average molecular weight is 169 g/mol. The fraction of sp³-hybridized carbons (Fsp3) is 0.333. The number of nitrogens with zero attached hydrogens (tertiary/aromatic N) is 2. The Balaban J connectivity index is 2.53. The van der Waals surface area contributed by atoms with Crippen LogP contribution in [0.1, 0.15) is 11.5 Å². The Morgan fingerprint density at radius 3 is 3.08 bits per heavy atom. The summed E-state index contributed by atoms with van der Waals surface area (Å²) in [6.07, 6.45) is 0. The predicted octanol–water partition coefficient (Wildman–Crippen LogP) is -0.739. The van der Waals surface area contributed by atoms with E-state index in [0.717, 1.165) is 5.69 Å². The molecule has 0 aliphatic heterocycles. The zero-order valence-corrected chi connectivity index (χ0v) is 6.74. The molecule has 0 saturated heterocycles. The van der Waals surface area contributed by atoms with Gasteiger partial charge >= 0.3 is 0 Å². The Hall–Kier alpha value is -1.56. The van der Waals surface area contributed by atoms with Crippen molar-refractivity contribution in [1.82, 2.24) is 10.6 Å². The molecule has 0 aliphatic carbocycles. The molecule has 0 saturated carbocycles. The molecule has 0 bridgehead atoms. The van der Waals surface area contributed by atoms with Gasteiger partial charge in [-0.05, 0) is 6.92 Å². The highest BCUT2D eigenvalue weighted by molar-refractivity contribution is 5.76. The van der Waals surface area contributed by atoms with Crippen LogP contribution in [0.3, 0.4) is 0 Å². The second kappa shape index (κ2) is 3.72. The van der Waals surface area contributed by atoms with Crippen molar-refractivity contribution in [3.63, 3.8) is 0 Å². The summed E-state index contributed by atoms with van der Waals surface area (Å²) in [7, 11) is 0. The topological polar surface area (TPSA) is 102 Å². The number of rotatable bonds is 2. The molecule has 1 heterocycles. The maximum absolute atomic E-state index is 5.28. The monoisotopic (exact) mass is 169 g/mol. The maximum atomic E-state index is 5.28. The normalized spacial score (nSPS) is 11.7. The Labute approximate surface area is 69.6 Å². The summed E-state index contributed by atoms with van der Waals surface area (Å²) in [4.78, 5) is 3.85. The molecule has 66 valence electrons. The van der Waals surface area contributed by atoms with Crippen LogP contribution in [0.25, 0.3) is 0 Å². The number of nitrogens with one attached hydrogen (secondary N) is 1. The fourth-order valence-electron chi connectivity index (χ4n) is 0.700. The minimum atomic E-state index is 0.170. The number of hydrogen-bond donors (Lipinski definition) is 3. The Kier molecular flexibility index (Phi) is 2.65. The van der Waals surface area contributed by atoms with Gasteiger partial charge in [0, 0.05) is 6.07 Å². The summed E-state index contributed by atoms with van der Waals surface area (Å²) in [6, 6.07) is 1.79. The van der Waals surface area contributed by atoms with E-state index in [-0.39, 0.29) is 5.96 Å². The molecule has 0 amide bonds. The molecule has 1 rings (SSSR count). The number of hydrogen-bond acceptors (Lipinski definition) is 4. The van der Waals surface area contributed by atoms with Crippen molar-refractivity contribution in [1.29, 1.82) is 0 Å². The van der Waals surface area contributed by atoms with Crippen molar-refractivity contribution < 1.29 is 4.52 Å². The number of nitrogens with two attached hydrogens (primary N) is 2. The van der Waals surface area contributed by atoms with Crippen LogP contribution < -0.4 is 17.0 Å². The van der Waals surface area contributed by atoms with Gasteiger partial charge in [-0.2, -0.15) is 0 Å². The van der Waals surface area contributed by atoms with E-state index in [0.29, 0.717) is 12.3 Å². The molecule has 0 atom stereocenters. The highest BCUT2D eigenvalue weighted by Crippen LogP contribution is 2.02. The molecule has 0 spiro atoms. The standard InChI is InChI=1S/C6H11N5O/c1-4-2-5(12-11-4)3-9-6(7)10-8/h2H,3,8H2,1H3,(H3,7,9,10). The number of guanidine groups is 1. The zero-order valence-electron chi connectivity index (χ0n) is 6.74. The summed E-state index contributed by atoms with van der Waals surface area (Å²) in [5.41, 5.74) is 8.31. The lowest BCUT2D eigenvalue weighted by atomic mass is 10.4. The first-order valence-corrected chi connectivity index (χ1v) is 3.41. The Bertz CT molecular complexity index is 279. The zero-order chi connectivity index (χ0) is 8.97. The summed E-state index contributed by atoms with van der Waals surface area (Å²) < 4.78 is 4.88. The van der Waals surface area contributed by atoms with Crippen LogP contribution in [-0.2, 0) is 6.54 Å². The molecule has 6 nitrogen and oxygen atoms in total. The van der Waals surface area contributed by atoms with Crippen molar-refractivity contribution in [2.24, 2.45) is 16.6 Å². The van der Waals surface area contributed by atoms with Crippen molar-refractivity contribution >= 4 is 5.96 Å². The van der Waals surface area contributed by atoms with E-state index in [4.69, 9.17) is 16.1 Å². The lowest BCUT2D eigenvalue weighted by Gasteiger charge is -1.94. The van der Waals surface area contributed by atoms with Crippen LogP contribution in [0, 0.1) is 6.92 Å². The van der Waals surface area contributed by atoms with E-state index in [1.165, 1.54) is 0 Å². The van der Waals surface area contributed by atoms with E-state index in [9.17, 15) is 0 Å². The molecule has 12 heavy (non-hydrogen) atoms. The van der Waals surface area contributed by atoms with E-state index in [1.807, 2.05) is 6.92 Å². The first-order chi connectivity index (χ1) is 5.72. The maximum Gasteiger partial charge on any atom is 0.203 e. The lowest BCUT2D eigenvalue weighted by Crippen LogP contribution is -2.37. The summed E-state index contributed by atoms with van der Waals surface area (Å²) in [5.74, 6) is 5.82. The van der Waals surface area contributed by atoms with Gasteiger partial charge in [-0.1, -0.05) is 5.16 Å². The molecule has 5 N–H and O–H groups in total. The van der Waals surface area contributed by atoms with Gasteiger partial charge in [0.05, 0.1) is 5.69 Å². The van der Waals surface area contributed by atoms with Gasteiger partial charge in [0.25, 0.3) is 0 Å². The van der Waals surface area contributed by atoms with E-state index < -0.39 is 0 Å². The third kappa shape index (κ3) is 2.24. The molecule has 1 aromatic heterocycles. The molecule has 0 unspecified atom stereocenters. The smallest absolute Gasteiger partial charge is 0.203 e. The van der Waals surface area contributed by atoms with Gasteiger partial charge in [-0.3, -0.25) is 5.43 Å². The van der Waals surface area contributed by atoms with Crippen LogP contribution in [0.15, 0.2) is 15.6 Å². The SMILES string of the molecule is Cc1cc(CN=C(N)NN)on1. The lowest BCUT2D eigenvalue weighted by molar-refractivity contribution is 0.381. The van der Waals surface area contributed by atoms with Crippen LogP contribution in [-0.4, -0.2) is 11.1 Å². The minimum absolute atomic E-state index is 0.170. The second-order valence-electron chi connectivity index (χ2n) is 2.28. The van der Waals surface area contributed by atoms with Crippen molar-refractivity contribution in [3.05, 3.63) is 17.5 Å². The largest absolute Gasteiger partial charge is 0.369 e. The summed E-state index contributed by atoms with van der Waals surface area (Å²) in [5, 5.41) is 3.68. The number of aromatic nitrogens is 1. The van der Waals surface area contributed by atoms with Gasteiger partial charge in [0.15, 0.2) is 5.76 Å². The molecular weight excluding hydrogens is 158 g/mol. The van der Waals surface area contributed by atoms with Crippen molar-refractivity contribution in [3.8, 4) is 0 Å². The van der Waals surface area contributed by atoms with Gasteiger partial charge in [0.2, 0.25) is 5.96 Å². The second-order valence-corrected chi connectivity index (χ2v) is 2.28. The van der Waals surface area contributed by atoms with Crippen molar-refractivity contribution in [2.75, 3.05) is 0 Å². The number of hydrazine groups is 1. The molecule has 6 heteroatoms. The van der Waals surface area contributed by atoms with Crippen molar-refractivity contribution in [2.45, 2.75) is 13.5 Å². The van der Waals surface area contributed by atoms with Crippen LogP contribution in [0.4, 0.5) is 0 Å². The molecule has 0 radical (unpaired) electrons. The van der Waals surface area contributed by atoms with Crippen LogP contribution >= 0.6 is 0 Å². The van der Waals surface area contributed by atoms with Gasteiger partial charge in [-0.25, -0.2) is 10.8 Å². The molecule has 0 aromatic carbocycles. The predicted molar refractivity (Wildman–Crippen MR) is 43.9 cm³/mol. The van der Waals surface area contributed by atoms with Crippen LogP contribution in [0.5, 0.6) is 0 Å². The number of aliphatic imine (C=N–C) groups is 1. The molecule has 0 aliphatic rings. The fourth-order valence-corrected chi connectivity index (χ4v) is 0.700. The molecular formula is C6H11N5O. The number of aryl methyl sites for hydroxylation is 1. The summed E-state index contributed by atoms with van der Waals surface area (Å²) >= 11 is 0. The van der Waals surface area contributed by atoms with E-state index >= 15 is 0 Å². The first kappa shape index (κ1) is 8.54. The third-order valence-corrected chi connectivity index (χ3v) is 1.23. The Morgan fingerprint density at radius 2 is 2.58 bits per heavy atom. The quantitative estimate of drug-likeness (QED) is 0.234. The van der Waals surface area contributed by atoms with Gasteiger partial charge in [0.1, 0.15) is 6.54 Å². The highest BCUT2D eigenvalue weighted by atomic mass is 16.5. The molecule has 1 aromatic rings. The summed E-state index contributed by atoms with van der Waals surface area (Å²) in [6.45, 7) is 2.18. The first-order valence-electron chi connectivity index (χ1n) is 3.41. The van der Waals surface area contributed by atoms with E-state index in [2.05, 4.69) is 15.6 Å². The minimum Gasteiger partial charge on any atom is -0.369 e. The average Bonchev–Trinajstić information content (AvgIpc) is 2.47. The van der Waals surface area contributed by atoms with Gasteiger partial charge in [-0.15, -0.1) is 0 Å². The Morgan fingerprint density at radius 1 is 1.83 bits per heavy atom. The highest BCUT2D eigenvalue weighted by Gasteiger charge is 1.98. The molecule has 0 fully saturated rings. The van der Waals surface area contributed by atoms with Crippen LogP contribution in [0.2, 0.25) is 0 Å². The van der Waals surface area contributed by atoms with Gasteiger partial charge < -0.3 is 10.3 Å². The van der Waals surface area contributed by atoms with E-state index in [1.54, 1.807) is 6.07 Å².